The number of aliphatic hydroxyl groups is 1. The Bertz CT molecular complexity index is 617. The molecular weight excluding hydrogens is 424 g/mol. The molecule has 0 bridgehead atoms. The van der Waals surface area contributed by atoms with E-state index >= 15 is 0 Å². The fraction of sp³-hybridized carbons (Fsp3) is 0.786. The molecule has 1 saturated heterocycles. The summed E-state index contributed by atoms with van der Waals surface area (Å²) in [5.74, 6) is 0.945. The molecule has 1 amide bonds. The molecule has 2 heterocycles. The van der Waals surface area contributed by atoms with Crippen LogP contribution >= 0.6 is 0 Å². The number of anilines is 1. The number of unbranched alkanes of at least 4 members (excludes halogenated alkanes) is 15. The molecular formula is C28H50N4O2. The minimum atomic E-state index is -0.0129. The number of carbonyl (C=O) groups is 1. The summed E-state index contributed by atoms with van der Waals surface area (Å²) in [7, 11) is 0. The molecule has 1 aliphatic rings. The van der Waals surface area contributed by atoms with E-state index in [1.807, 2.05) is 12.1 Å². The number of nitrogens with one attached hydrogen (secondary N) is 2. The van der Waals surface area contributed by atoms with E-state index in [1.165, 1.54) is 89.9 Å². The van der Waals surface area contributed by atoms with Crippen LogP contribution in [0.25, 0.3) is 0 Å². The Morgan fingerprint density at radius 1 is 0.794 bits per heavy atom. The van der Waals surface area contributed by atoms with Gasteiger partial charge in [0.1, 0.15) is 5.82 Å². The van der Waals surface area contributed by atoms with Crippen molar-refractivity contribution in [3.8, 4) is 0 Å². The Kier molecular flexibility index (Phi) is 16.5. The maximum absolute atomic E-state index is 12.3. The van der Waals surface area contributed by atoms with Gasteiger partial charge in [-0.25, -0.2) is 4.98 Å². The molecule has 0 saturated carbocycles. The van der Waals surface area contributed by atoms with Gasteiger partial charge in [0, 0.05) is 45.5 Å². The van der Waals surface area contributed by atoms with Crippen LogP contribution in [0.4, 0.5) is 5.82 Å². The number of piperazine rings is 1. The molecule has 6 heteroatoms. The van der Waals surface area contributed by atoms with Gasteiger partial charge in [-0.3, -0.25) is 4.79 Å². The average molecular weight is 475 g/mol. The Hall–Kier alpha value is -1.66. The Labute approximate surface area is 208 Å². The van der Waals surface area contributed by atoms with Crippen LogP contribution in [0.2, 0.25) is 0 Å². The number of carbonyl (C=O) groups excluding carboxylic acids is 1. The second kappa shape index (κ2) is 19.6. The average Bonchev–Trinajstić information content (AvgIpc) is 2.88. The summed E-state index contributed by atoms with van der Waals surface area (Å²) in [4.78, 5) is 19.1. The Morgan fingerprint density at radius 2 is 1.29 bits per heavy atom. The molecule has 34 heavy (non-hydrogen) atoms. The normalized spacial score (nSPS) is 13.9. The highest BCUT2D eigenvalue weighted by Gasteiger charge is 2.12. The molecule has 0 aromatic carbocycles. The predicted octanol–water partition coefficient (Wildman–Crippen LogP) is 5.45. The minimum Gasteiger partial charge on any atom is -0.396 e. The first-order valence-electron chi connectivity index (χ1n) is 14.1. The van der Waals surface area contributed by atoms with E-state index in [4.69, 9.17) is 5.11 Å². The van der Waals surface area contributed by atoms with E-state index in [9.17, 15) is 4.79 Å². The number of rotatable bonds is 20. The third-order valence-corrected chi connectivity index (χ3v) is 6.82. The second-order valence-corrected chi connectivity index (χ2v) is 9.78. The third kappa shape index (κ3) is 13.3. The number of amides is 1. The molecule has 6 nitrogen and oxygen atoms in total. The van der Waals surface area contributed by atoms with Gasteiger partial charge in [-0.2, -0.15) is 0 Å². The third-order valence-electron chi connectivity index (χ3n) is 6.82. The van der Waals surface area contributed by atoms with Gasteiger partial charge in [-0.1, -0.05) is 89.9 Å². The van der Waals surface area contributed by atoms with Crippen LogP contribution in [-0.2, 0) is 0 Å². The van der Waals surface area contributed by atoms with E-state index in [1.54, 1.807) is 6.20 Å². The summed E-state index contributed by atoms with van der Waals surface area (Å²) in [6, 6.07) is 3.85. The van der Waals surface area contributed by atoms with Crippen LogP contribution in [-0.4, -0.2) is 55.3 Å². The van der Waals surface area contributed by atoms with Crippen molar-refractivity contribution in [2.45, 2.75) is 103 Å². The SMILES string of the molecule is O=C(NCCCCCCCCCCCCCCCCCCO)c1ccc(N2CCNCC2)nc1. The van der Waals surface area contributed by atoms with Crippen molar-refractivity contribution in [1.82, 2.24) is 15.6 Å². The molecule has 0 unspecified atom stereocenters. The van der Waals surface area contributed by atoms with E-state index < -0.39 is 0 Å². The highest BCUT2D eigenvalue weighted by atomic mass is 16.2. The minimum absolute atomic E-state index is 0.0129. The van der Waals surface area contributed by atoms with Crippen LogP contribution in [0.5, 0.6) is 0 Å². The van der Waals surface area contributed by atoms with Crippen molar-refractivity contribution in [1.29, 1.82) is 0 Å². The van der Waals surface area contributed by atoms with Crippen LogP contribution in [0, 0.1) is 0 Å². The van der Waals surface area contributed by atoms with E-state index in [0.29, 0.717) is 12.2 Å². The molecule has 0 radical (unpaired) electrons. The van der Waals surface area contributed by atoms with Crippen LogP contribution < -0.4 is 15.5 Å². The molecule has 3 N–H and O–H groups in total. The van der Waals surface area contributed by atoms with E-state index in [2.05, 4.69) is 20.5 Å². The Balaban J connectivity index is 1.34. The summed E-state index contributed by atoms with van der Waals surface area (Å²) in [6.45, 7) is 5.00. The predicted molar refractivity (Wildman–Crippen MR) is 143 cm³/mol. The van der Waals surface area contributed by atoms with Crippen molar-refractivity contribution in [2.75, 3.05) is 44.2 Å². The lowest BCUT2D eigenvalue weighted by Gasteiger charge is -2.28. The van der Waals surface area contributed by atoms with Crippen LogP contribution in [0.3, 0.4) is 0 Å². The number of hydrogen-bond acceptors (Lipinski definition) is 5. The maximum atomic E-state index is 12.3. The lowest BCUT2D eigenvalue weighted by Crippen LogP contribution is -2.43. The van der Waals surface area contributed by atoms with Crippen molar-refractivity contribution in [2.24, 2.45) is 0 Å². The molecule has 2 rings (SSSR count). The van der Waals surface area contributed by atoms with Crippen molar-refractivity contribution >= 4 is 11.7 Å². The fourth-order valence-corrected chi connectivity index (χ4v) is 4.62. The summed E-state index contributed by atoms with van der Waals surface area (Å²) in [5.41, 5.74) is 0.650. The number of hydrogen-bond donors (Lipinski definition) is 3. The highest BCUT2D eigenvalue weighted by molar-refractivity contribution is 5.94. The number of aromatic nitrogens is 1. The smallest absolute Gasteiger partial charge is 0.252 e. The summed E-state index contributed by atoms with van der Waals surface area (Å²) < 4.78 is 0. The zero-order valence-corrected chi connectivity index (χ0v) is 21.5. The van der Waals surface area contributed by atoms with Gasteiger partial charge in [-0.05, 0) is 25.0 Å². The first-order valence-corrected chi connectivity index (χ1v) is 14.1. The molecule has 1 fully saturated rings. The number of pyridine rings is 1. The van der Waals surface area contributed by atoms with Crippen LogP contribution in [0.1, 0.15) is 113 Å². The lowest BCUT2D eigenvalue weighted by atomic mass is 10.0. The molecule has 1 aromatic heterocycles. The van der Waals surface area contributed by atoms with Gasteiger partial charge >= 0.3 is 0 Å². The van der Waals surface area contributed by atoms with Gasteiger partial charge in [-0.15, -0.1) is 0 Å². The van der Waals surface area contributed by atoms with Crippen molar-refractivity contribution in [3.63, 3.8) is 0 Å². The Morgan fingerprint density at radius 3 is 1.76 bits per heavy atom. The second-order valence-electron chi connectivity index (χ2n) is 9.78. The molecule has 0 aliphatic carbocycles. The summed E-state index contributed by atoms with van der Waals surface area (Å²) in [6.07, 6.45) is 22.4. The van der Waals surface area contributed by atoms with Gasteiger partial charge < -0.3 is 20.6 Å². The summed E-state index contributed by atoms with van der Waals surface area (Å²) >= 11 is 0. The van der Waals surface area contributed by atoms with Gasteiger partial charge in [0.2, 0.25) is 0 Å². The number of aliphatic hydroxyl groups excluding tert-OH is 1. The topological polar surface area (TPSA) is 77.5 Å². The monoisotopic (exact) mass is 474 g/mol. The van der Waals surface area contributed by atoms with E-state index in [-0.39, 0.29) is 5.91 Å². The molecule has 0 atom stereocenters. The summed E-state index contributed by atoms with van der Waals surface area (Å²) in [5, 5.41) is 15.1. The van der Waals surface area contributed by atoms with Crippen molar-refractivity contribution < 1.29 is 9.90 Å². The number of nitrogens with zero attached hydrogens (tertiary/aromatic N) is 2. The maximum Gasteiger partial charge on any atom is 0.252 e. The quantitative estimate of drug-likeness (QED) is 0.219. The standard InChI is InChI=1S/C28H50N4O2/c33-24-16-14-12-10-8-6-4-2-1-3-5-7-9-11-13-15-19-30-28(34)26-17-18-27(31-25-26)32-22-20-29-21-23-32/h17-18,25,29,33H,1-16,19-24H2,(H,30,34). The first-order chi connectivity index (χ1) is 16.8. The van der Waals surface area contributed by atoms with E-state index in [0.717, 1.165) is 51.4 Å². The lowest BCUT2D eigenvalue weighted by molar-refractivity contribution is 0.0952. The molecule has 0 spiro atoms. The fourth-order valence-electron chi connectivity index (χ4n) is 4.62. The first kappa shape index (κ1) is 28.6. The van der Waals surface area contributed by atoms with Crippen molar-refractivity contribution in [3.05, 3.63) is 23.9 Å². The largest absolute Gasteiger partial charge is 0.396 e. The van der Waals surface area contributed by atoms with Crippen LogP contribution in [0.15, 0.2) is 18.3 Å². The van der Waals surface area contributed by atoms with Gasteiger partial charge in [0.05, 0.1) is 5.56 Å². The van der Waals surface area contributed by atoms with Gasteiger partial charge in [0.15, 0.2) is 0 Å². The highest BCUT2D eigenvalue weighted by Crippen LogP contribution is 2.14. The zero-order chi connectivity index (χ0) is 24.1. The zero-order valence-electron chi connectivity index (χ0n) is 21.5. The van der Waals surface area contributed by atoms with Gasteiger partial charge in [0.25, 0.3) is 5.91 Å². The molecule has 194 valence electrons. The molecule has 1 aliphatic heterocycles. The molecule has 1 aromatic rings.